The van der Waals surface area contributed by atoms with Crippen molar-refractivity contribution in [3.63, 3.8) is 0 Å². The van der Waals surface area contributed by atoms with Crippen molar-refractivity contribution in [2.24, 2.45) is 0 Å². The number of rotatable bonds is 1. The Hall–Kier alpha value is 0.479. The first-order valence-corrected chi connectivity index (χ1v) is 6.25. The van der Waals surface area contributed by atoms with E-state index < -0.39 is 0 Å². The SMILES string of the molecule is C[Se][C@H]1CCCC[C@@H]1O. The molecule has 1 saturated carbocycles. The van der Waals surface area contributed by atoms with Crippen LogP contribution >= 0.6 is 0 Å². The van der Waals surface area contributed by atoms with Crippen molar-refractivity contribution in [2.75, 3.05) is 0 Å². The van der Waals surface area contributed by atoms with E-state index in [4.69, 9.17) is 0 Å². The maximum atomic E-state index is 9.38. The van der Waals surface area contributed by atoms with Crippen molar-refractivity contribution in [1.29, 1.82) is 0 Å². The summed E-state index contributed by atoms with van der Waals surface area (Å²) >= 11 is 0.667. The molecule has 54 valence electrons. The predicted octanol–water partition coefficient (Wildman–Crippen LogP) is 1.46. The van der Waals surface area contributed by atoms with Crippen LogP contribution in [0.15, 0.2) is 0 Å². The molecule has 1 fully saturated rings. The standard InChI is InChI=1S/C7H14OSe/c1-9-7-5-3-2-4-6(7)8/h6-8H,2-5H2,1H3/t6-,7-/m0/s1. The molecule has 1 N–H and O–H groups in total. The third-order valence-electron chi connectivity index (χ3n) is 1.97. The van der Waals surface area contributed by atoms with Crippen LogP contribution < -0.4 is 0 Å². The molecule has 0 amide bonds. The summed E-state index contributed by atoms with van der Waals surface area (Å²) < 4.78 is 0. The van der Waals surface area contributed by atoms with E-state index in [0.29, 0.717) is 19.8 Å². The Labute approximate surface area is 63.0 Å². The van der Waals surface area contributed by atoms with E-state index in [0.717, 1.165) is 6.42 Å². The van der Waals surface area contributed by atoms with Crippen LogP contribution in [-0.4, -0.2) is 26.2 Å². The fraction of sp³-hybridized carbons (Fsp3) is 1.00. The van der Waals surface area contributed by atoms with Crippen molar-refractivity contribution in [3.8, 4) is 0 Å². The van der Waals surface area contributed by atoms with E-state index in [1.807, 2.05) is 0 Å². The Bertz CT molecular complexity index is 85.0. The molecule has 0 unspecified atom stereocenters. The normalized spacial score (nSPS) is 36.7. The third-order valence-corrected chi connectivity index (χ3v) is 4.39. The molecular formula is C7H14OSe. The fourth-order valence-corrected chi connectivity index (χ4v) is 3.14. The van der Waals surface area contributed by atoms with E-state index in [2.05, 4.69) is 5.82 Å². The van der Waals surface area contributed by atoms with Crippen molar-refractivity contribution in [3.05, 3.63) is 0 Å². The van der Waals surface area contributed by atoms with Gasteiger partial charge in [0.2, 0.25) is 0 Å². The van der Waals surface area contributed by atoms with Crippen LogP contribution in [0.1, 0.15) is 25.7 Å². The van der Waals surface area contributed by atoms with Gasteiger partial charge < -0.3 is 0 Å². The first-order chi connectivity index (χ1) is 4.34. The van der Waals surface area contributed by atoms with Crippen molar-refractivity contribution in [2.45, 2.75) is 42.4 Å². The van der Waals surface area contributed by atoms with Crippen molar-refractivity contribution < 1.29 is 5.11 Å². The molecule has 0 aromatic carbocycles. The summed E-state index contributed by atoms with van der Waals surface area (Å²) in [6, 6.07) is 0. The summed E-state index contributed by atoms with van der Waals surface area (Å²) in [6.07, 6.45) is 4.96. The zero-order valence-corrected chi connectivity index (χ0v) is 7.55. The van der Waals surface area contributed by atoms with E-state index in [1.54, 1.807) is 0 Å². The molecule has 0 aliphatic heterocycles. The van der Waals surface area contributed by atoms with Crippen LogP contribution in [0.25, 0.3) is 0 Å². The van der Waals surface area contributed by atoms with Gasteiger partial charge in [0, 0.05) is 0 Å². The average molecular weight is 193 g/mol. The molecule has 0 radical (unpaired) electrons. The van der Waals surface area contributed by atoms with E-state index in [-0.39, 0.29) is 6.10 Å². The number of aliphatic hydroxyl groups excluding tert-OH is 1. The van der Waals surface area contributed by atoms with Gasteiger partial charge in [0.15, 0.2) is 0 Å². The summed E-state index contributed by atoms with van der Waals surface area (Å²) in [6.45, 7) is 0. The van der Waals surface area contributed by atoms with E-state index in [1.165, 1.54) is 19.3 Å². The zero-order chi connectivity index (χ0) is 6.69. The fourth-order valence-electron chi connectivity index (χ4n) is 1.35. The maximum absolute atomic E-state index is 9.38. The molecule has 1 rings (SSSR count). The van der Waals surface area contributed by atoms with Gasteiger partial charge in [-0.15, -0.1) is 0 Å². The molecule has 1 aliphatic carbocycles. The number of hydrogen-bond donors (Lipinski definition) is 1. The number of aliphatic hydroxyl groups is 1. The topological polar surface area (TPSA) is 20.2 Å². The molecule has 0 bridgehead atoms. The van der Waals surface area contributed by atoms with Crippen LogP contribution in [0.4, 0.5) is 0 Å². The summed E-state index contributed by atoms with van der Waals surface area (Å²) in [5, 5.41) is 9.38. The van der Waals surface area contributed by atoms with Crippen LogP contribution in [0.5, 0.6) is 0 Å². The summed E-state index contributed by atoms with van der Waals surface area (Å²) in [5.41, 5.74) is 0. The Morgan fingerprint density at radius 2 is 2.00 bits per heavy atom. The molecule has 0 heterocycles. The molecule has 2 atom stereocenters. The van der Waals surface area contributed by atoms with Crippen LogP contribution in [0.2, 0.25) is 10.6 Å². The van der Waals surface area contributed by atoms with E-state index in [9.17, 15) is 5.11 Å². The van der Waals surface area contributed by atoms with Crippen LogP contribution in [0.3, 0.4) is 0 Å². The molecule has 0 saturated heterocycles. The molecular weight excluding hydrogens is 179 g/mol. The van der Waals surface area contributed by atoms with Gasteiger partial charge in [-0.3, -0.25) is 0 Å². The van der Waals surface area contributed by atoms with Gasteiger partial charge in [0.1, 0.15) is 0 Å². The molecule has 0 spiro atoms. The predicted molar refractivity (Wildman–Crippen MR) is 39.8 cm³/mol. The van der Waals surface area contributed by atoms with E-state index >= 15 is 0 Å². The third kappa shape index (κ3) is 1.96. The van der Waals surface area contributed by atoms with Gasteiger partial charge in [-0.05, 0) is 0 Å². The second kappa shape index (κ2) is 3.60. The monoisotopic (exact) mass is 194 g/mol. The van der Waals surface area contributed by atoms with Gasteiger partial charge in [0.25, 0.3) is 0 Å². The minimum absolute atomic E-state index is 0.0451. The van der Waals surface area contributed by atoms with Gasteiger partial charge in [0.05, 0.1) is 0 Å². The Morgan fingerprint density at radius 1 is 1.33 bits per heavy atom. The molecule has 0 aromatic rings. The molecule has 0 aromatic heterocycles. The van der Waals surface area contributed by atoms with Gasteiger partial charge in [-0.1, -0.05) is 0 Å². The molecule has 9 heavy (non-hydrogen) atoms. The summed E-state index contributed by atoms with van der Waals surface area (Å²) in [7, 11) is 0. The van der Waals surface area contributed by atoms with Crippen LogP contribution in [0, 0.1) is 0 Å². The van der Waals surface area contributed by atoms with Crippen LogP contribution in [-0.2, 0) is 0 Å². The Kier molecular flexibility index (Phi) is 3.03. The van der Waals surface area contributed by atoms with Crippen molar-refractivity contribution >= 4 is 15.0 Å². The molecule has 2 heteroatoms. The van der Waals surface area contributed by atoms with Crippen molar-refractivity contribution in [1.82, 2.24) is 0 Å². The Morgan fingerprint density at radius 3 is 2.44 bits per heavy atom. The molecule has 1 aliphatic rings. The summed E-state index contributed by atoms with van der Waals surface area (Å²) in [5.74, 6) is 2.23. The second-order valence-electron chi connectivity index (χ2n) is 2.63. The quantitative estimate of drug-likeness (QED) is 0.625. The summed E-state index contributed by atoms with van der Waals surface area (Å²) in [4.78, 5) is 0.672. The van der Waals surface area contributed by atoms with Gasteiger partial charge in [-0.25, -0.2) is 0 Å². The Balaban J connectivity index is 2.30. The van der Waals surface area contributed by atoms with Gasteiger partial charge >= 0.3 is 62.5 Å². The van der Waals surface area contributed by atoms with Gasteiger partial charge in [-0.2, -0.15) is 0 Å². The first-order valence-electron chi connectivity index (χ1n) is 3.55. The minimum atomic E-state index is 0.0451. The number of hydrogen-bond acceptors (Lipinski definition) is 1. The average Bonchev–Trinajstić information content (AvgIpc) is 1.89. The first kappa shape index (κ1) is 7.58. The second-order valence-corrected chi connectivity index (χ2v) is 4.89. The zero-order valence-electron chi connectivity index (χ0n) is 5.84. The molecule has 1 nitrogen and oxygen atoms in total.